The molecular weight excluding hydrogens is 369 g/mol. The molecule has 6 atom stereocenters. The molecule has 1 aliphatic heterocycles. The van der Waals surface area contributed by atoms with Crippen LogP contribution >= 0.6 is 0 Å². The van der Waals surface area contributed by atoms with Crippen molar-refractivity contribution < 1.29 is 18.0 Å². The lowest BCUT2D eigenvalue weighted by atomic mass is 9.84. The molecule has 2 heterocycles. The summed E-state index contributed by atoms with van der Waals surface area (Å²) < 4.78 is 41.8. The molecule has 4 aliphatic rings. The van der Waals surface area contributed by atoms with E-state index >= 15 is 0 Å². The van der Waals surface area contributed by atoms with Crippen LogP contribution in [0.15, 0.2) is 6.07 Å². The van der Waals surface area contributed by atoms with Crippen LogP contribution in [0.3, 0.4) is 0 Å². The Kier molecular flexibility index (Phi) is 4.18. The zero-order valence-corrected chi connectivity index (χ0v) is 16.0. The second-order valence-corrected chi connectivity index (χ2v) is 9.34. The molecule has 3 fully saturated rings. The SMILES string of the molecule is CC(NC(=O)c1cc2n(n1)[C@@H](C(F)(F)F)C[C@@H](C1CC1)N2)C1CC2CCC1C2. The second kappa shape index (κ2) is 6.39. The molecule has 1 aromatic heterocycles. The van der Waals surface area contributed by atoms with E-state index in [9.17, 15) is 18.0 Å². The van der Waals surface area contributed by atoms with Gasteiger partial charge in [-0.25, -0.2) is 4.68 Å². The first kappa shape index (κ1) is 18.3. The first-order valence-electron chi connectivity index (χ1n) is 10.5. The number of nitrogens with zero attached hydrogens (tertiary/aromatic N) is 2. The molecule has 0 spiro atoms. The molecule has 1 amide bonds. The van der Waals surface area contributed by atoms with Crippen LogP contribution in [-0.2, 0) is 0 Å². The molecule has 4 unspecified atom stereocenters. The molecule has 154 valence electrons. The number of rotatable bonds is 4. The first-order chi connectivity index (χ1) is 13.3. The van der Waals surface area contributed by atoms with Gasteiger partial charge in [0.2, 0.25) is 0 Å². The summed E-state index contributed by atoms with van der Waals surface area (Å²) in [4.78, 5) is 12.7. The van der Waals surface area contributed by atoms with Crippen LogP contribution < -0.4 is 10.6 Å². The van der Waals surface area contributed by atoms with Gasteiger partial charge in [0.05, 0.1) is 0 Å². The maximum Gasteiger partial charge on any atom is 0.410 e. The molecule has 5 nitrogen and oxygen atoms in total. The number of alkyl halides is 3. The first-order valence-corrected chi connectivity index (χ1v) is 10.5. The topological polar surface area (TPSA) is 59.0 Å². The predicted molar refractivity (Wildman–Crippen MR) is 97.9 cm³/mol. The van der Waals surface area contributed by atoms with Crippen molar-refractivity contribution in [1.82, 2.24) is 15.1 Å². The molecule has 2 bridgehead atoms. The van der Waals surface area contributed by atoms with Crippen molar-refractivity contribution in [2.45, 2.75) is 76.2 Å². The normalized spacial score (nSPS) is 35.4. The van der Waals surface area contributed by atoms with Crippen molar-refractivity contribution in [3.8, 4) is 0 Å². The molecule has 3 saturated carbocycles. The fourth-order valence-electron chi connectivity index (χ4n) is 5.82. The molecule has 5 rings (SSSR count). The summed E-state index contributed by atoms with van der Waals surface area (Å²) in [6, 6.07) is -0.360. The minimum Gasteiger partial charge on any atom is -0.367 e. The van der Waals surface area contributed by atoms with E-state index < -0.39 is 12.2 Å². The Morgan fingerprint density at radius 1 is 1.21 bits per heavy atom. The number of fused-ring (bicyclic) bond motifs is 3. The molecule has 0 aromatic carbocycles. The molecule has 28 heavy (non-hydrogen) atoms. The Morgan fingerprint density at radius 2 is 1.96 bits per heavy atom. The Balaban J connectivity index is 1.33. The summed E-state index contributed by atoms with van der Waals surface area (Å²) in [5.74, 6) is 2.16. The number of nitrogens with one attached hydrogen (secondary N) is 2. The smallest absolute Gasteiger partial charge is 0.367 e. The Morgan fingerprint density at radius 3 is 2.57 bits per heavy atom. The van der Waals surface area contributed by atoms with Gasteiger partial charge < -0.3 is 10.6 Å². The lowest BCUT2D eigenvalue weighted by Gasteiger charge is -2.33. The highest BCUT2D eigenvalue weighted by Crippen LogP contribution is 2.49. The molecule has 8 heteroatoms. The summed E-state index contributed by atoms with van der Waals surface area (Å²) in [5.41, 5.74) is 0.0724. The van der Waals surface area contributed by atoms with Crippen LogP contribution in [0.4, 0.5) is 19.0 Å². The minimum atomic E-state index is -4.37. The largest absolute Gasteiger partial charge is 0.410 e. The molecule has 0 radical (unpaired) electrons. The molecule has 2 N–H and O–H groups in total. The highest BCUT2D eigenvalue weighted by molar-refractivity contribution is 5.93. The fourth-order valence-corrected chi connectivity index (χ4v) is 5.82. The van der Waals surface area contributed by atoms with Crippen LogP contribution in [0.2, 0.25) is 0 Å². The number of hydrogen-bond donors (Lipinski definition) is 2. The van der Waals surface area contributed by atoms with Crippen molar-refractivity contribution in [2.24, 2.45) is 23.7 Å². The lowest BCUT2D eigenvalue weighted by Crippen LogP contribution is -2.41. The quantitative estimate of drug-likeness (QED) is 0.804. The van der Waals surface area contributed by atoms with E-state index in [0.717, 1.165) is 29.9 Å². The van der Waals surface area contributed by atoms with Crippen molar-refractivity contribution in [2.75, 3.05) is 5.32 Å². The van der Waals surface area contributed by atoms with Gasteiger partial charge in [0, 0.05) is 18.2 Å². The van der Waals surface area contributed by atoms with Gasteiger partial charge in [-0.1, -0.05) is 6.42 Å². The van der Waals surface area contributed by atoms with E-state index in [-0.39, 0.29) is 30.1 Å². The molecule has 1 aromatic rings. The van der Waals surface area contributed by atoms with E-state index in [1.807, 2.05) is 6.92 Å². The minimum absolute atomic E-state index is 0.0205. The number of halogens is 3. The monoisotopic (exact) mass is 396 g/mol. The van der Waals surface area contributed by atoms with E-state index in [0.29, 0.717) is 23.6 Å². The van der Waals surface area contributed by atoms with Crippen LogP contribution in [0.5, 0.6) is 0 Å². The van der Waals surface area contributed by atoms with Gasteiger partial charge in [-0.05, 0) is 69.1 Å². The van der Waals surface area contributed by atoms with Crippen LogP contribution in [0.25, 0.3) is 0 Å². The van der Waals surface area contributed by atoms with E-state index in [2.05, 4.69) is 15.7 Å². The summed E-state index contributed by atoms with van der Waals surface area (Å²) in [7, 11) is 0. The average molecular weight is 396 g/mol. The number of carbonyl (C=O) groups excluding carboxylic acids is 1. The summed E-state index contributed by atoms with van der Waals surface area (Å²) in [6.45, 7) is 2.01. The van der Waals surface area contributed by atoms with Gasteiger partial charge in [0.1, 0.15) is 5.82 Å². The summed E-state index contributed by atoms with van der Waals surface area (Å²) in [6.07, 6.45) is 2.45. The Bertz CT molecular complexity index is 772. The standard InChI is InChI=1S/C20H27F3N4O/c1-10(14-7-11-2-3-13(14)6-11)24-19(28)16-9-18-25-15(12-4-5-12)8-17(20(21,22)23)27(18)26-16/h9-15,17,25H,2-8H2,1H3,(H,24,28)/t10?,11?,13?,14?,15-,17+/m0/s1. The van der Waals surface area contributed by atoms with Gasteiger partial charge in [0.25, 0.3) is 5.91 Å². The summed E-state index contributed by atoms with van der Waals surface area (Å²) in [5, 5.41) is 10.3. The molecular formula is C20H27F3N4O. The van der Waals surface area contributed by atoms with Crippen LogP contribution in [0, 0.1) is 23.7 Å². The Labute approximate surface area is 162 Å². The van der Waals surface area contributed by atoms with E-state index in [1.165, 1.54) is 25.3 Å². The van der Waals surface area contributed by atoms with E-state index in [4.69, 9.17) is 0 Å². The number of carbonyl (C=O) groups is 1. The third-order valence-corrected chi connectivity index (χ3v) is 7.44. The van der Waals surface area contributed by atoms with Gasteiger partial charge >= 0.3 is 6.18 Å². The number of anilines is 1. The highest BCUT2D eigenvalue weighted by Gasteiger charge is 2.49. The van der Waals surface area contributed by atoms with Crippen LogP contribution in [0.1, 0.15) is 68.4 Å². The van der Waals surface area contributed by atoms with Gasteiger partial charge in [-0.2, -0.15) is 18.3 Å². The fraction of sp³-hybridized carbons (Fsp3) is 0.800. The maximum absolute atomic E-state index is 13.6. The summed E-state index contributed by atoms with van der Waals surface area (Å²) >= 11 is 0. The predicted octanol–water partition coefficient (Wildman–Crippen LogP) is 4.14. The average Bonchev–Trinajstić information content (AvgIpc) is 3.07. The van der Waals surface area contributed by atoms with Crippen molar-refractivity contribution >= 4 is 11.7 Å². The van der Waals surface area contributed by atoms with Gasteiger partial charge in [0.15, 0.2) is 11.7 Å². The number of hydrogen-bond acceptors (Lipinski definition) is 3. The van der Waals surface area contributed by atoms with Crippen LogP contribution in [-0.4, -0.2) is 33.9 Å². The van der Waals surface area contributed by atoms with Crippen molar-refractivity contribution in [3.63, 3.8) is 0 Å². The third kappa shape index (κ3) is 3.18. The zero-order valence-electron chi connectivity index (χ0n) is 16.0. The third-order valence-electron chi connectivity index (χ3n) is 7.44. The van der Waals surface area contributed by atoms with Gasteiger partial charge in [-0.3, -0.25) is 4.79 Å². The number of amides is 1. The van der Waals surface area contributed by atoms with Gasteiger partial charge in [-0.15, -0.1) is 0 Å². The lowest BCUT2D eigenvalue weighted by molar-refractivity contribution is -0.174. The molecule has 3 aliphatic carbocycles. The zero-order chi connectivity index (χ0) is 19.6. The second-order valence-electron chi connectivity index (χ2n) is 9.34. The maximum atomic E-state index is 13.6. The van der Waals surface area contributed by atoms with E-state index in [1.54, 1.807) is 0 Å². The Hall–Kier alpha value is -1.73. The van der Waals surface area contributed by atoms with Crippen molar-refractivity contribution in [1.29, 1.82) is 0 Å². The number of aromatic nitrogens is 2. The molecule has 0 saturated heterocycles. The van der Waals surface area contributed by atoms with Crippen molar-refractivity contribution in [3.05, 3.63) is 11.8 Å². The highest BCUT2D eigenvalue weighted by atomic mass is 19.4.